The minimum atomic E-state index is -0.0745. The number of nitrogens with zero attached hydrogens (tertiary/aromatic N) is 1. The van der Waals surface area contributed by atoms with Gasteiger partial charge in [-0.1, -0.05) is 208 Å². The van der Waals surface area contributed by atoms with Gasteiger partial charge in [0.2, 0.25) is 0 Å². The predicted molar refractivity (Wildman–Crippen MR) is 263 cm³/mol. The van der Waals surface area contributed by atoms with Gasteiger partial charge in [-0.2, -0.15) is 0 Å². The van der Waals surface area contributed by atoms with Gasteiger partial charge in [-0.25, -0.2) is 0 Å². The molecule has 1 heteroatoms. The Balaban J connectivity index is 1.13. The highest BCUT2D eigenvalue weighted by Gasteiger charge is 2.35. The maximum atomic E-state index is 2.45. The van der Waals surface area contributed by atoms with Crippen LogP contribution >= 0.6 is 0 Å². The van der Waals surface area contributed by atoms with Crippen LogP contribution in [0.3, 0.4) is 0 Å². The van der Waals surface area contributed by atoms with Crippen molar-refractivity contribution in [3.63, 3.8) is 0 Å². The zero-order valence-corrected chi connectivity index (χ0v) is 35.0. The van der Waals surface area contributed by atoms with Crippen LogP contribution in [0.5, 0.6) is 0 Å². The first kappa shape index (κ1) is 37.3. The summed E-state index contributed by atoms with van der Waals surface area (Å²) < 4.78 is 0. The number of fused-ring (bicyclic) bond motifs is 4. The summed E-state index contributed by atoms with van der Waals surface area (Å²) in [4.78, 5) is 2.45. The molecule has 10 aromatic rings. The molecule has 0 unspecified atom stereocenters. The maximum Gasteiger partial charge on any atom is 0.0540 e. The zero-order valence-electron chi connectivity index (χ0n) is 35.0. The molecule has 0 radical (unpaired) electrons. The van der Waals surface area contributed by atoms with E-state index in [0.29, 0.717) is 0 Å². The average molecular weight is 792 g/mol. The van der Waals surface area contributed by atoms with E-state index in [0.717, 1.165) is 17.1 Å². The van der Waals surface area contributed by atoms with Gasteiger partial charge in [0, 0.05) is 22.4 Å². The van der Waals surface area contributed by atoms with Gasteiger partial charge in [0.15, 0.2) is 0 Å². The second kappa shape index (κ2) is 15.4. The summed E-state index contributed by atoms with van der Waals surface area (Å²) >= 11 is 0. The molecule has 10 aromatic carbocycles. The Hall–Kier alpha value is -7.74. The molecule has 0 heterocycles. The number of hydrogen-bond donors (Lipinski definition) is 0. The fourth-order valence-corrected chi connectivity index (χ4v) is 9.85. The molecule has 1 aliphatic carbocycles. The van der Waals surface area contributed by atoms with Gasteiger partial charge in [0.1, 0.15) is 0 Å². The Morgan fingerprint density at radius 2 is 0.823 bits per heavy atom. The Bertz CT molecular complexity index is 3220. The molecule has 1 aliphatic rings. The lowest BCUT2D eigenvalue weighted by atomic mass is 9.82. The fourth-order valence-electron chi connectivity index (χ4n) is 9.85. The number of hydrogen-bond acceptors (Lipinski definition) is 1. The predicted octanol–water partition coefficient (Wildman–Crippen LogP) is 17.0. The van der Waals surface area contributed by atoms with Crippen molar-refractivity contribution in [2.75, 3.05) is 4.90 Å². The van der Waals surface area contributed by atoms with Crippen LogP contribution in [0.2, 0.25) is 0 Å². The highest BCUT2D eigenvalue weighted by Crippen LogP contribution is 2.52. The quantitative estimate of drug-likeness (QED) is 0.148. The molecular weight excluding hydrogens is 747 g/mol. The first-order valence-electron chi connectivity index (χ1n) is 21.6. The largest absolute Gasteiger partial charge is 0.310 e. The lowest BCUT2D eigenvalue weighted by Gasteiger charge is -2.29. The first-order valence-corrected chi connectivity index (χ1v) is 21.6. The van der Waals surface area contributed by atoms with Gasteiger partial charge < -0.3 is 4.90 Å². The third-order valence-electron chi connectivity index (χ3n) is 12.9. The molecule has 294 valence electrons. The first-order chi connectivity index (χ1) is 30.5. The average Bonchev–Trinajstić information content (AvgIpc) is 3.57. The molecule has 0 bridgehead atoms. The van der Waals surface area contributed by atoms with Gasteiger partial charge in [-0.05, 0) is 126 Å². The van der Waals surface area contributed by atoms with Crippen LogP contribution in [0.1, 0.15) is 25.0 Å². The molecule has 0 saturated heterocycles. The smallest absolute Gasteiger partial charge is 0.0540 e. The highest BCUT2D eigenvalue weighted by molar-refractivity contribution is 6.13. The lowest BCUT2D eigenvalue weighted by molar-refractivity contribution is 0.660. The Morgan fingerprint density at radius 3 is 1.50 bits per heavy atom. The van der Waals surface area contributed by atoms with E-state index in [2.05, 4.69) is 255 Å². The number of rotatable bonds is 8. The molecule has 0 saturated carbocycles. The summed E-state index contributed by atoms with van der Waals surface area (Å²) in [7, 11) is 0. The van der Waals surface area contributed by atoms with E-state index >= 15 is 0 Å². The van der Waals surface area contributed by atoms with E-state index in [4.69, 9.17) is 0 Å². The molecule has 0 N–H and O–H groups in total. The van der Waals surface area contributed by atoms with Crippen LogP contribution in [-0.2, 0) is 5.41 Å². The molecule has 62 heavy (non-hydrogen) atoms. The molecule has 11 rings (SSSR count). The lowest BCUT2D eigenvalue weighted by Crippen LogP contribution is -2.15. The van der Waals surface area contributed by atoms with Crippen molar-refractivity contribution in [3.05, 3.63) is 248 Å². The molecule has 1 nitrogen and oxygen atoms in total. The topological polar surface area (TPSA) is 3.24 Å². The summed E-state index contributed by atoms with van der Waals surface area (Å²) in [5.74, 6) is 0. The normalized spacial score (nSPS) is 12.5. The Labute approximate surface area is 364 Å². The Morgan fingerprint density at radius 1 is 0.306 bits per heavy atom. The van der Waals surface area contributed by atoms with Crippen LogP contribution in [0.4, 0.5) is 17.1 Å². The zero-order chi connectivity index (χ0) is 41.6. The van der Waals surface area contributed by atoms with Crippen LogP contribution in [0.15, 0.2) is 237 Å². The molecule has 0 fully saturated rings. The number of para-hydroxylation sites is 1. The highest BCUT2D eigenvalue weighted by atomic mass is 15.1. The van der Waals surface area contributed by atoms with Crippen molar-refractivity contribution in [1.82, 2.24) is 0 Å². The van der Waals surface area contributed by atoms with E-state index in [1.807, 2.05) is 0 Å². The monoisotopic (exact) mass is 791 g/mol. The fraction of sp³-hybridized carbons (Fsp3) is 0.0492. The Kier molecular flexibility index (Phi) is 9.24. The van der Waals surface area contributed by atoms with Crippen molar-refractivity contribution < 1.29 is 0 Å². The van der Waals surface area contributed by atoms with Crippen molar-refractivity contribution in [3.8, 4) is 66.8 Å². The van der Waals surface area contributed by atoms with E-state index in [1.165, 1.54) is 88.7 Å². The van der Waals surface area contributed by atoms with Crippen LogP contribution in [0.25, 0.3) is 77.5 Å². The second-order valence-corrected chi connectivity index (χ2v) is 16.9. The second-order valence-electron chi connectivity index (χ2n) is 16.9. The van der Waals surface area contributed by atoms with Gasteiger partial charge in [0.05, 0.1) is 5.69 Å². The molecule has 0 aliphatic heterocycles. The van der Waals surface area contributed by atoms with E-state index in [1.54, 1.807) is 0 Å². The molecular formula is C61H45N. The van der Waals surface area contributed by atoms with E-state index in [-0.39, 0.29) is 5.41 Å². The van der Waals surface area contributed by atoms with Crippen molar-refractivity contribution >= 4 is 27.8 Å². The third-order valence-corrected chi connectivity index (χ3v) is 12.9. The number of benzene rings is 10. The van der Waals surface area contributed by atoms with Crippen molar-refractivity contribution in [2.24, 2.45) is 0 Å². The molecule has 0 atom stereocenters. The number of anilines is 3. The summed E-state index contributed by atoms with van der Waals surface area (Å²) in [6.45, 7) is 4.70. The third kappa shape index (κ3) is 6.42. The van der Waals surface area contributed by atoms with Crippen molar-refractivity contribution in [1.29, 1.82) is 0 Å². The van der Waals surface area contributed by atoms with Gasteiger partial charge >= 0.3 is 0 Å². The summed E-state index contributed by atoms with van der Waals surface area (Å²) in [5.41, 5.74) is 20.6. The minimum Gasteiger partial charge on any atom is -0.310 e. The standard InChI is InChI=1S/C61H45N/c1-61(2)56-29-17-15-28-53(56)55-41-50(36-38-57(55)61)62(58-30-18-16-27-51(58)43-21-9-4-10-22-43)49-34-31-45(32-35-49)54-40-48(42-19-7-3-8-20-42)39-47-33-37-52(44-23-11-5-12-24-44)59(60(47)54)46-25-13-6-14-26-46/h3-41H,1-2H3. The molecule has 0 aromatic heterocycles. The summed E-state index contributed by atoms with van der Waals surface area (Å²) in [5, 5.41) is 2.46. The van der Waals surface area contributed by atoms with Crippen molar-refractivity contribution in [2.45, 2.75) is 19.3 Å². The van der Waals surface area contributed by atoms with E-state index in [9.17, 15) is 0 Å². The minimum absolute atomic E-state index is 0.0745. The van der Waals surface area contributed by atoms with Crippen LogP contribution in [-0.4, -0.2) is 0 Å². The maximum absolute atomic E-state index is 2.45. The summed E-state index contributed by atoms with van der Waals surface area (Å²) in [6, 6.07) is 86.7. The van der Waals surface area contributed by atoms with Crippen LogP contribution < -0.4 is 4.90 Å². The van der Waals surface area contributed by atoms with Gasteiger partial charge in [-0.15, -0.1) is 0 Å². The summed E-state index contributed by atoms with van der Waals surface area (Å²) in [6.07, 6.45) is 0. The van der Waals surface area contributed by atoms with E-state index < -0.39 is 0 Å². The van der Waals surface area contributed by atoms with Gasteiger partial charge in [0.25, 0.3) is 0 Å². The SMILES string of the molecule is CC1(C)c2ccccc2-c2cc(N(c3ccc(-c4cc(-c5ccccc5)cc5ccc(-c6ccccc6)c(-c6ccccc6)c45)cc3)c3ccccc3-c3ccccc3)ccc21. The molecule has 0 amide bonds. The van der Waals surface area contributed by atoms with Crippen LogP contribution in [0, 0.1) is 0 Å². The molecule has 0 spiro atoms. The van der Waals surface area contributed by atoms with Gasteiger partial charge in [-0.3, -0.25) is 0 Å².